The predicted molar refractivity (Wildman–Crippen MR) is 118 cm³/mol. The number of hydrogen-bond donors (Lipinski definition) is 1. The molecule has 136 valence electrons. The molecule has 0 fully saturated rings. The summed E-state index contributed by atoms with van der Waals surface area (Å²) in [6, 6.07) is 11.2. The van der Waals surface area contributed by atoms with E-state index < -0.39 is 0 Å². The Morgan fingerprint density at radius 2 is 2.11 bits per heavy atom. The molecule has 0 atom stereocenters. The van der Waals surface area contributed by atoms with Gasteiger partial charge in [-0.25, -0.2) is 0 Å². The molecule has 1 aliphatic heterocycles. The molecule has 1 aliphatic rings. The highest BCUT2D eigenvalue weighted by Gasteiger charge is 2.17. The fourth-order valence-corrected chi connectivity index (χ4v) is 4.73. The molecule has 0 saturated heterocycles. The van der Waals surface area contributed by atoms with E-state index in [1.54, 1.807) is 36.1 Å². The SMILES string of the molecule is COc1ccc(-n2c(O)c(C=C3C=Nc4ccc(Br)cc43)sc2=S)cc1Cl. The van der Waals surface area contributed by atoms with E-state index in [1.165, 1.54) is 11.3 Å². The molecule has 0 radical (unpaired) electrons. The van der Waals surface area contributed by atoms with Crippen molar-refractivity contribution in [3.8, 4) is 17.3 Å². The monoisotopic (exact) mass is 478 g/mol. The third kappa shape index (κ3) is 3.36. The average Bonchev–Trinajstić information content (AvgIpc) is 3.15. The number of nitrogens with zero attached hydrogens (tertiary/aromatic N) is 2. The first-order valence-electron chi connectivity index (χ1n) is 7.82. The van der Waals surface area contributed by atoms with E-state index in [4.69, 9.17) is 28.6 Å². The molecular weight excluding hydrogens is 468 g/mol. The van der Waals surface area contributed by atoms with E-state index in [0.29, 0.717) is 25.3 Å². The maximum absolute atomic E-state index is 10.8. The van der Waals surface area contributed by atoms with Crippen LogP contribution in [-0.4, -0.2) is 23.0 Å². The first kappa shape index (κ1) is 18.4. The summed E-state index contributed by atoms with van der Waals surface area (Å²) in [5, 5.41) is 11.2. The van der Waals surface area contributed by atoms with Crippen LogP contribution in [0.2, 0.25) is 5.02 Å². The number of hydrogen-bond acceptors (Lipinski definition) is 5. The van der Waals surface area contributed by atoms with Crippen LogP contribution < -0.4 is 4.74 Å². The molecule has 0 spiro atoms. The Morgan fingerprint density at radius 3 is 2.85 bits per heavy atom. The van der Waals surface area contributed by atoms with Crippen molar-refractivity contribution >= 4 is 74.6 Å². The third-order valence-electron chi connectivity index (χ3n) is 4.10. The Hall–Kier alpha value is -1.93. The lowest BCUT2D eigenvalue weighted by atomic mass is 10.1. The van der Waals surface area contributed by atoms with E-state index in [0.717, 1.165) is 21.3 Å². The minimum Gasteiger partial charge on any atom is -0.495 e. The average molecular weight is 480 g/mol. The van der Waals surface area contributed by atoms with Gasteiger partial charge in [0, 0.05) is 21.8 Å². The van der Waals surface area contributed by atoms with Gasteiger partial charge >= 0.3 is 0 Å². The maximum Gasteiger partial charge on any atom is 0.215 e. The van der Waals surface area contributed by atoms with Crippen molar-refractivity contribution in [3.63, 3.8) is 0 Å². The molecule has 1 N–H and O–H groups in total. The number of aliphatic imine (C=N–C) groups is 1. The Bertz CT molecular complexity index is 1180. The van der Waals surface area contributed by atoms with Gasteiger partial charge in [0.05, 0.1) is 28.4 Å². The van der Waals surface area contributed by atoms with E-state index in [-0.39, 0.29) is 5.88 Å². The number of methoxy groups -OCH3 is 1. The second-order valence-corrected chi connectivity index (χ2v) is 8.73. The van der Waals surface area contributed by atoms with Gasteiger partial charge in [0.25, 0.3) is 0 Å². The van der Waals surface area contributed by atoms with Crippen molar-refractivity contribution in [2.45, 2.75) is 0 Å². The van der Waals surface area contributed by atoms with Crippen LogP contribution in [0.15, 0.2) is 45.9 Å². The number of aromatic hydroxyl groups is 1. The number of halogens is 2. The molecule has 0 amide bonds. The lowest BCUT2D eigenvalue weighted by Crippen LogP contribution is -1.94. The number of aromatic nitrogens is 1. The summed E-state index contributed by atoms with van der Waals surface area (Å²) in [5.41, 5.74) is 3.49. The van der Waals surface area contributed by atoms with E-state index in [1.807, 2.05) is 24.3 Å². The Kier molecular flexibility index (Phi) is 4.94. The molecule has 0 aliphatic carbocycles. The second-order valence-electron chi connectivity index (χ2n) is 5.73. The summed E-state index contributed by atoms with van der Waals surface area (Å²) in [4.78, 5) is 5.06. The standard InChI is InChI=1S/C19H12BrClN2O2S2/c1-25-16-5-3-12(8-14(16)21)23-18(24)17(27-19(23)26)6-10-9-22-15-4-2-11(20)7-13(10)15/h2-9,24H,1H3. The molecule has 3 aromatic rings. The van der Waals surface area contributed by atoms with Gasteiger partial charge in [-0.3, -0.25) is 9.56 Å². The molecule has 1 aromatic heterocycles. The van der Waals surface area contributed by atoms with Gasteiger partial charge in [-0.05, 0) is 54.7 Å². The second kappa shape index (κ2) is 7.24. The zero-order chi connectivity index (χ0) is 19.1. The van der Waals surface area contributed by atoms with Crippen molar-refractivity contribution in [2.75, 3.05) is 7.11 Å². The Morgan fingerprint density at radius 1 is 1.30 bits per heavy atom. The highest BCUT2D eigenvalue weighted by Crippen LogP contribution is 2.38. The van der Waals surface area contributed by atoms with Crippen LogP contribution in [0.25, 0.3) is 17.3 Å². The summed E-state index contributed by atoms with van der Waals surface area (Å²) >= 11 is 16.5. The fraction of sp³-hybridized carbons (Fsp3) is 0.0526. The van der Waals surface area contributed by atoms with Crippen LogP contribution in [0.5, 0.6) is 11.6 Å². The summed E-state index contributed by atoms with van der Waals surface area (Å²) in [6.45, 7) is 0. The van der Waals surface area contributed by atoms with Gasteiger partial charge < -0.3 is 9.84 Å². The number of thiazole rings is 1. The molecular formula is C19H12BrClN2O2S2. The zero-order valence-corrected chi connectivity index (χ0v) is 17.9. The quantitative estimate of drug-likeness (QED) is 0.428. The van der Waals surface area contributed by atoms with Gasteiger partial charge in [0.1, 0.15) is 5.75 Å². The van der Waals surface area contributed by atoms with Crippen LogP contribution in [0.4, 0.5) is 5.69 Å². The topological polar surface area (TPSA) is 46.8 Å². The molecule has 0 saturated carbocycles. The summed E-state index contributed by atoms with van der Waals surface area (Å²) < 4.78 is 8.26. The van der Waals surface area contributed by atoms with Crippen LogP contribution in [0.3, 0.4) is 0 Å². The molecule has 8 heteroatoms. The summed E-state index contributed by atoms with van der Waals surface area (Å²) in [7, 11) is 1.55. The first-order valence-corrected chi connectivity index (χ1v) is 10.2. The van der Waals surface area contributed by atoms with Gasteiger partial charge in [-0.15, -0.1) is 11.3 Å². The number of allylic oxidation sites excluding steroid dienone is 1. The van der Waals surface area contributed by atoms with Crippen LogP contribution in [-0.2, 0) is 0 Å². The van der Waals surface area contributed by atoms with Crippen molar-refractivity contribution in [2.24, 2.45) is 4.99 Å². The number of benzene rings is 2. The van der Waals surface area contributed by atoms with Crippen LogP contribution in [0.1, 0.15) is 10.4 Å². The molecule has 27 heavy (non-hydrogen) atoms. The minimum atomic E-state index is 0.0654. The zero-order valence-electron chi connectivity index (χ0n) is 13.9. The van der Waals surface area contributed by atoms with Gasteiger partial charge in [-0.1, -0.05) is 27.5 Å². The lowest BCUT2D eigenvalue weighted by molar-refractivity contribution is 0.414. The van der Waals surface area contributed by atoms with Gasteiger partial charge in [-0.2, -0.15) is 0 Å². The van der Waals surface area contributed by atoms with E-state index in [9.17, 15) is 5.11 Å². The fourth-order valence-electron chi connectivity index (χ4n) is 2.82. The maximum atomic E-state index is 10.8. The Labute approximate surface area is 178 Å². The lowest BCUT2D eigenvalue weighted by Gasteiger charge is -2.08. The molecule has 0 unspecified atom stereocenters. The summed E-state index contributed by atoms with van der Waals surface area (Å²) in [6.07, 6.45) is 3.67. The third-order valence-corrected chi connectivity index (χ3v) is 6.20. The van der Waals surface area contributed by atoms with E-state index in [2.05, 4.69) is 20.9 Å². The normalized spacial score (nSPS) is 14.0. The van der Waals surface area contributed by atoms with Crippen molar-refractivity contribution in [1.29, 1.82) is 0 Å². The van der Waals surface area contributed by atoms with Crippen molar-refractivity contribution in [3.05, 3.63) is 60.3 Å². The molecule has 4 nitrogen and oxygen atoms in total. The van der Waals surface area contributed by atoms with Gasteiger partial charge in [0.15, 0.2) is 3.95 Å². The number of ether oxygens (including phenoxy) is 1. The number of rotatable bonds is 3. The number of fused-ring (bicyclic) bond motifs is 1. The Balaban J connectivity index is 1.79. The van der Waals surface area contributed by atoms with Crippen LogP contribution in [0, 0.1) is 3.95 Å². The minimum absolute atomic E-state index is 0.0654. The highest BCUT2D eigenvalue weighted by atomic mass is 79.9. The van der Waals surface area contributed by atoms with E-state index >= 15 is 0 Å². The first-order chi connectivity index (χ1) is 13.0. The molecule has 2 aromatic carbocycles. The predicted octanol–water partition coefficient (Wildman–Crippen LogP) is 6.65. The van der Waals surface area contributed by atoms with Crippen molar-refractivity contribution < 1.29 is 9.84 Å². The molecule has 0 bridgehead atoms. The smallest absolute Gasteiger partial charge is 0.215 e. The van der Waals surface area contributed by atoms with Gasteiger partial charge in [0.2, 0.25) is 5.88 Å². The molecule has 4 rings (SSSR count). The highest BCUT2D eigenvalue weighted by molar-refractivity contribution is 9.10. The van der Waals surface area contributed by atoms with Crippen molar-refractivity contribution in [1.82, 2.24) is 4.57 Å². The van der Waals surface area contributed by atoms with Crippen LogP contribution >= 0.6 is 51.1 Å². The molecule has 2 heterocycles. The largest absolute Gasteiger partial charge is 0.495 e. The summed E-state index contributed by atoms with van der Waals surface area (Å²) in [5.74, 6) is 0.629.